The Hall–Kier alpha value is -1.91. The largest absolute Gasteiger partial charge is 0.369 e. The van der Waals surface area contributed by atoms with E-state index in [1.807, 2.05) is 0 Å². The number of primary amides is 1. The van der Waals surface area contributed by atoms with Gasteiger partial charge in [-0.1, -0.05) is 12.1 Å². The number of carbonyl (C=O) groups excluding carboxylic acids is 2. The first-order valence-corrected chi connectivity index (χ1v) is 5.92. The van der Waals surface area contributed by atoms with Crippen LogP contribution in [0.4, 0.5) is 4.39 Å². The number of halogens is 1. The summed E-state index contributed by atoms with van der Waals surface area (Å²) in [6.07, 6.45) is 1.41. The molecule has 2 amide bonds. The second-order valence-electron chi connectivity index (χ2n) is 4.47. The molecule has 0 spiro atoms. The number of benzene rings is 1. The Balaban J connectivity index is 2.14. The maximum atomic E-state index is 13.5. The van der Waals surface area contributed by atoms with Crippen molar-refractivity contribution in [2.24, 2.45) is 11.7 Å². The summed E-state index contributed by atoms with van der Waals surface area (Å²) < 4.78 is 13.5. The van der Waals surface area contributed by atoms with Gasteiger partial charge in [0.25, 0.3) is 5.91 Å². The van der Waals surface area contributed by atoms with Crippen molar-refractivity contribution in [3.05, 3.63) is 35.6 Å². The topological polar surface area (TPSA) is 63.4 Å². The second-order valence-corrected chi connectivity index (χ2v) is 4.47. The van der Waals surface area contributed by atoms with Crippen LogP contribution in [-0.4, -0.2) is 29.8 Å². The normalized spacial score (nSPS) is 19.6. The molecule has 1 unspecified atom stereocenters. The summed E-state index contributed by atoms with van der Waals surface area (Å²) in [5.74, 6) is -1.64. The molecule has 0 saturated carbocycles. The van der Waals surface area contributed by atoms with Gasteiger partial charge in [0.2, 0.25) is 5.91 Å². The maximum absolute atomic E-state index is 13.5. The van der Waals surface area contributed by atoms with Gasteiger partial charge in [0, 0.05) is 13.1 Å². The number of nitrogens with two attached hydrogens (primary N) is 1. The fraction of sp³-hybridized carbons (Fsp3) is 0.385. The number of rotatable bonds is 2. The lowest BCUT2D eigenvalue weighted by Crippen LogP contribution is -2.44. The molecule has 1 saturated heterocycles. The van der Waals surface area contributed by atoms with Crippen LogP contribution in [0.3, 0.4) is 0 Å². The minimum atomic E-state index is -0.538. The molecule has 4 nitrogen and oxygen atoms in total. The van der Waals surface area contributed by atoms with Crippen LogP contribution >= 0.6 is 0 Å². The lowest BCUT2D eigenvalue weighted by atomic mass is 9.97. The van der Waals surface area contributed by atoms with Gasteiger partial charge in [-0.05, 0) is 25.0 Å². The molecular weight excluding hydrogens is 235 g/mol. The average Bonchev–Trinajstić information content (AvgIpc) is 2.38. The van der Waals surface area contributed by atoms with Gasteiger partial charge in [-0.3, -0.25) is 9.59 Å². The van der Waals surface area contributed by atoms with Gasteiger partial charge in [0.1, 0.15) is 5.82 Å². The van der Waals surface area contributed by atoms with Gasteiger partial charge in [0.15, 0.2) is 0 Å². The molecule has 0 aliphatic carbocycles. The lowest BCUT2D eigenvalue weighted by molar-refractivity contribution is -0.123. The molecule has 0 bridgehead atoms. The Kier molecular flexibility index (Phi) is 3.60. The summed E-state index contributed by atoms with van der Waals surface area (Å²) in [5, 5.41) is 0. The van der Waals surface area contributed by atoms with Gasteiger partial charge in [-0.25, -0.2) is 4.39 Å². The number of carbonyl (C=O) groups is 2. The molecule has 0 radical (unpaired) electrons. The van der Waals surface area contributed by atoms with Crippen LogP contribution in [0.2, 0.25) is 0 Å². The highest BCUT2D eigenvalue weighted by atomic mass is 19.1. The Morgan fingerprint density at radius 2 is 2.06 bits per heavy atom. The van der Waals surface area contributed by atoms with Gasteiger partial charge in [-0.15, -0.1) is 0 Å². The molecule has 1 aromatic carbocycles. The van der Waals surface area contributed by atoms with E-state index in [4.69, 9.17) is 5.73 Å². The molecule has 1 heterocycles. The van der Waals surface area contributed by atoms with E-state index >= 15 is 0 Å². The summed E-state index contributed by atoms with van der Waals surface area (Å²) in [7, 11) is 0. The first-order chi connectivity index (χ1) is 8.59. The monoisotopic (exact) mass is 250 g/mol. The first-order valence-electron chi connectivity index (χ1n) is 5.92. The van der Waals surface area contributed by atoms with Crippen LogP contribution in [0.15, 0.2) is 24.3 Å². The zero-order chi connectivity index (χ0) is 13.1. The van der Waals surface area contributed by atoms with Crippen LogP contribution in [0.1, 0.15) is 23.2 Å². The number of piperidine rings is 1. The van der Waals surface area contributed by atoms with Gasteiger partial charge in [-0.2, -0.15) is 0 Å². The summed E-state index contributed by atoms with van der Waals surface area (Å²) >= 11 is 0. The van der Waals surface area contributed by atoms with E-state index in [-0.39, 0.29) is 23.9 Å². The molecule has 18 heavy (non-hydrogen) atoms. The highest BCUT2D eigenvalue weighted by Crippen LogP contribution is 2.19. The maximum Gasteiger partial charge on any atom is 0.256 e. The van der Waals surface area contributed by atoms with Crippen molar-refractivity contribution >= 4 is 11.8 Å². The predicted octanol–water partition coefficient (Wildman–Crippen LogP) is 1.16. The van der Waals surface area contributed by atoms with Gasteiger partial charge < -0.3 is 10.6 Å². The van der Waals surface area contributed by atoms with Crippen LogP contribution < -0.4 is 5.73 Å². The van der Waals surface area contributed by atoms with E-state index in [2.05, 4.69) is 0 Å². The van der Waals surface area contributed by atoms with E-state index in [0.717, 1.165) is 0 Å². The smallest absolute Gasteiger partial charge is 0.256 e. The fourth-order valence-corrected chi connectivity index (χ4v) is 2.20. The predicted molar refractivity (Wildman–Crippen MR) is 64.2 cm³/mol. The molecular formula is C13H15FN2O2. The quantitative estimate of drug-likeness (QED) is 0.856. The third-order valence-electron chi connectivity index (χ3n) is 3.22. The SMILES string of the molecule is NC(=O)C1CCCN(C(=O)c2ccccc2F)C1. The van der Waals surface area contributed by atoms with Crippen molar-refractivity contribution < 1.29 is 14.0 Å². The van der Waals surface area contributed by atoms with Gasteiger partial charge >= 0.3 is 0 Å². The summed E-state index contributed by atoms with van der Waals surface area (Å²) in [6.45, 7) is 0.819. The number of hydrogen-bond acceptors (Lipinski definition) is 2. The van der Waals surface area contributed by atoms with Crippen molar-refractivity contribution in [3.8, 4) is 0 Å². The van der Waals surface area contributed by atoms with E-state index < -0.39 is 11.7 Å². The van der Waals surface area contributed by atoms with Crippen molar-refractivity contribution in [1.29, 1.82) is 0 Å². The zero-order valence-corrected chi connectivity index (χ0v) is 9.93. The van der Waals surface area contributed by atoms with Crippen LogP contribution in [0, 0.1) is 11.7 Å². The molecule has 96 valence electrons. The Bertz CT molecular complexity index is 476. The van der Waals surface area contributed by atoms with Crippen molar-refractivity contribution in [1.82, 2.24) is 4.90 Å². The summed E-state index contributed by atoms with van der Waals surface area (Å²) in [6, 6.07) is 5.86. The molecule has 1 fully saturated rings. The van der Waals surface area contributed by atoms with Crippen molar-refractivity contribution in [3.63, 3.8) is 0 Å². The molecule has 2 rings (SSSR count). The summed E-state index contributed by atoms with van der Waals surface area (Å²) in [5.41, 5.74) is 5.29. The van der Waals surface area contributed by atoms with Gasteiger partial charge in [0.05, 0.1) is 11.5 Å². The van der Waals surface area contributed by atoms with Crippen LogP contribution in [0.5, 0.6) is 0 Å². The zero-order valence-electron chi connectivity index (χ0n) is 9.93. The Morgan fingerprint density at radius 1 is 1.33 bits per heavy atom. The Morgan fingerprint density at radius 3 is 2.72 bits per heavy atom. The first kappa shape index (κ1) is 12.5. The Labute approximate surface area is 105 Å². The highest BCUT2D eigenvalue weighted by Gasteiger charge is 2.28. The lowest BCUT2D eigenvalue weighted by Gasteiger charge is -2.31. The molecule has 0 aromatic heterocycles. The van der Waals surface area contributed by atoms with Crippen molar-refractivity contribution in [2.75, 3.05) is 13.1 Å². The third-order valence-corrected chi connectivity index (χ3v) is 3.22. The van der Waals surface area contributed by atoms with E-state index in [1.165, 1.54) is 23.1 Å². The summed E-state index contributed by atoms with van der Waals surface area (Å²) in [4.78, 5) is 24.8. The molecule has 5 heteroatoms. The van der Waals surface area contributed by atoms with E-state index in [9.17, 15) is 14.0 Å². The molecule has 1 aromatic rings. The molecule has 2 N–H and O–H groups in total. The fourth-order valence-electron chi connectivity index (χ4n) is 2.20. The van der Waals surface area contributed by atoms with E-state index in [0.29, 0.717) is 19.4 Å². The molecule has 1 aliphatic rings. The number of hydrogen-bond donors (Lipinski definition) is 1. The number of nitrogens with zero attached hydrogens (tertiary/aromatic N) is 1. The minimum absolute atomic E-state index is 0.0441. The minimum Gasteiger partial charge on any atom is -0.369 e. The van der Waals surface area contributed by atoms with E-state index in [1.54, 1.807) is 6.07 Å². The number of amides is 2. The second kappa shape index (κ2) is 5.16. The number of likely N-dealkylation sites (tertiary alicyclic amines) is 1. The molecule has 1 atom stereocenters. The van der Waals surface area contributed by atoms with Crippen molar-refractivity contribution in [2.45, 2.75) is 12.8 Å². The average molecular weight is 250 g/mol. The third kappa shape index (κ3) is 2.50. The van der Waals surface area contributed by atoms with Crippen LogP contribution in [-0.2, 0) is 4.79 Å². The van der Waals surface area contributed by atoms with Crippen LogP contribution in [0.25, 0.3) is 0 Å². The standard InChI is InChI=1S/C13H15FN2O2/c14-11-6-2-1-5-10(11)13(18)16-7-3-4-9(8-16)12(15)17/h1-2,5-6,9H,3-4,7-8H2,(H2,15,17). The highest BCUT2D eigenvalue weighted by molar-refractivity contribution is 5.95. The molecule has 1 aliphatic heterocycles.